The molecule has 1 amide bonds. The minimum absolute atomic E-state index is 0.248. The summed E-state index contributed by atoms with van der Waals surface area (Å²) in [6.07, 6.45) is 1.31. The molecule has 7 heteroatoms. The average molecular weight is 369 g/mol. The summed E-state index contributed by atoms with van der Waals surface area (Å²) in [5, 5.41) is 18.9. The van der Waals surface area contributed by atoms with Crippen LogP contribution < -0.4 is 5.32 Å². The molecule has 4 nitrogen and oxygen atoms in total. The Hall–Kier alpha value is -1.50. The van der Waals surface area contributed by atoms with E-state index in [0.717, 1.165) is 30.2 Å². The minimum Gasteiger partial charge on any atom is -0.348 e. The number of allylic oxidation sites excluding steroid dienone is 2. The topological polar surface area (TPSA) is 76.8 Å². The fourth-order valence-electron chi connectivity index (χ4n) is 2.95. The molecule has 3 rings (SSSR count). The van der Waals surface area contributed by atoms with Gasteiger partial charge in [0.1, 0.15) is 0 Å². The van der Waals surface area contributed by atoms with Gasteiger partial charge < -0.3 is 10.7 Å². The van der Waals surface area contributed by atoms with E-state index < -0.39 is 12.0 Å². The third-order valence-corrected chi connectivity index (χ3v) is 5.52. The first-order valence-corrected chi connectivity index (χ1v) is 9.47. The van der Waals surface area contributed by atoms with E-state index >= 15 is 0 Å². The van der Waals surface area contributed by atoms with Crippen LogP contribution in [0.3, 0.4) is 0 Å². The fraction of sp³-hybridized carbons (Fsp3) is 0.611. The van der Waals surface area contributed by atoms with Gasteiger partial charge in [0, 0.05) is 30.2 Å². The molecule has 25 heavy (non-hydrogen) atoms. The van der Waals surface area contributed by atoms with Crippen LogP contribution in [0.5, 0.6) is 0 Å². The summed E-state index contributed by atoms with van der Waals surface area (Å²) >= 11 is 1.09. The van der Waals surface area contributed by atoms with Crippen LogP contribution in [0.25, 0.3) is 0 Å². The van der Waals surface area contributed by atoms with Gasteiger partial charge in [0.15, 0.2) is 0 Å². The van der Waals surface area contributed by atoms with Gasteiger partial charge in [0.05, 0.1) is 9.95 Å². The number of halogens is 2. The largest absolute Gasteiger partial charge is 0.348 e. The molecule has 1 heterocycles. The fourth-order valence-corrected chi connectivity index (χ4v) is 4.05. The lowest BCUT2D eigenvalue weighted by atomic mass is 9.88. The smallest absolute Gasteiger partial charge is 0.258 e. The number of carbonyl (C=O) groups is 1. The highest BCUT2D eigenvalue weighted by Crippen LogP contribution is 2.51. The van der Waals surface area contributed by atoms with Crippen LogP contribution >= 0.6 is 11.8 Å². The monoisotopic (exact) mass is 369 g/mol. The maximum atomic E-state index is 12.9. The van der Waals surface area contributed by atoms with Crippen molar-refractivity contribution in [2.45, 2.75) is 65.3 Å². The van der Waals surface area contributed by atoms with Gasteiger partial charge in [0.25, 0.3) is 11.8 Å². The number of amides is 1. The van der Waals surface area contributed by atoms with Crippen molar-refractivity contribution in [1.82, 2.24) is 5.32 Å². The summed E-state index contributed by atoms with van der Waals surface area (Å²) in [6.45, 7) is 7.46. The Kier molecular flexibility index (Phi) is 5.86. The summed E-state index contributed by atoms with van der Waals surface area (Å²) in [7, 11) is 0. The Morgan fingerprint density at radius 3 is 2.24 bits per heavy atom. The van der Waals surface area contributed by atoms with Gasteiger partial charge in [-0.15, -0.1) is 0 Å². The SMILES string of the molecule is CC.CC(=N)/C(C)=C1\C(=N)SC(C(=O)NC2CC(F)(F)C2)=C1C1CC1. The lowest BCUT2D eigenvalue weighted by Crippen LogP contribution is -2.50. The number of hydrogen-bond acceptors (Lipinski definition) is 4. The number of rotatable bonds is 4. The third-order valence-electron chi connectivity index (χ3n) is 4.50. The number of nitrogens with one attached hydrogen (secondary N) is 3. The minimum atomic E-state index is -2.67. The molecule has 0 spiro atoms. The molecule has 0 unspecified atom stereocenters. The number of hydrogen-bond donors (Lipinski definition) is 3. The maximum Gasteiger partial charge on any atom is 0.258 e. The van der Waals surface area contributed by atoms with Gasteiger partial charge >= 0.3 is 0 Å². The van der Waals surface area contributed by atoms with Gasteiger partial charge in [-0.25, -0.2) is 8.78 Å². The molecule has 2 aliphatic carbocycles. The highest BCUT2D eigenvalue weighted by atomic mass is 32.2. The second-order valence-corrected chi connectivity index (χ2v) is 7.53. The summed E-state index contributed by atoms with van der Waals surface area (Å²) in [4.78, 5) is 12.9. The zero-order chi connectivity index (χ0) is 18.9. The van der Waals surface area contributed by atoms with Crippen LogP contribution in [0, 0.1) is 16.7 Å². The molecule has 2 saturated carbocycles. The van der Waals surface area contributed by atoms with E-state index in [4.69, 9.17) is 10.8 Å². The summed E-state index contributed by atoms with van der Waals surface area (Å²) in [5.41, 5.74) is 2.62. The summed E-state index contributed by atoms with van der Waals surface area (Å²) in [5.74, 6) is -2.77. The first kappa shape index (κ1) is 19.8. The van der Waals surface area contributed by atoms with Gasteiger partial charge in [0.2, 0.25) is 0 Å². The highest BCUT2D eigenvalue weighted by Gasteiger charge is 2.47. The van der Waals surface area contributed by atoms with Crippen molar-refractivity contribution in [2.75, 3.05) is 0 Å². The molecule has 0 aromatic rings. The van der Waals surface area contributed by atoms with E-state index in [1.165, 1.54) is 0 Å². The molecule has 0 aromatic heterocycles. The van der Waals surface area contributed by atoms with Crippen molar-refractivity contribution < 1.29 is 13.6 Å². The maximum absolute atomic E-state index is 12.9. The van der Waals surface area contributed by atoms with E-state index in [1.807, 2.05) is 13.8 Å². The van der Waals surface area contributed by atoms with E-state index in [-0.39, 0.29) is 29.7 Å². The molecule has 0 bridgehead atoms. The number of carbonyl (C=O) groups excluding carboxylic acids is 1. The molecular weight excluding hydrogens is 344 g/mol. The van der Waals surface area contributed by atoms with E-state index in [1.54, 1.807) is 13.8 Å². The van der Waals surface area contributed by atoms with E-state index in [0.29, 0.717) is 21.8 Å². The zero-order valence-electron chi connectivity index (χ0n) is 15.1. The highest BCUT2D eigenvalue weighted by molar-refractivity contribution is 8.18. The van der Waals surface area contributed by atoms with Crippen LogP contribution in [0.15, 0.2) is 21.6 Å². The standard InChI is InChI=1S/C16H19F2N3OS.C2H6/c1-7(8(2)19)11-12(9-3-4-9)13(23-14(11)20)15(22)21-10-5-16(17,18)6-10;1-2/h9-10,19-20H,3-6H2,1-2H3,(H,21,22);1-2H3/b11-7-,19-8?,20-14?;. The molecule has 3 N–H and O–H groups in total. The van der Waals surface area contributed by atoms with Gasteiger partial charge in [-0.1, -0.05) is 25.6 Å². The Labute approximate surface area is 151 Å². The second-order valence-electron chi connectivity index (χ2n) is 6.51. The average Bonchev–Trinajstić information content (AvgIpc) is 3.29. The van der Waals surface area contributed by atoms with Crippen molar-refractivity contribution in [1.29, 1.82) is 10.8 Å². The van der Waals surface area contributed by atoms with Crippen molar-refractivity contribution in [3.8, 4) is 0 Å². The van der Waals surface area contributed by atoms with Crippen molar-refractivity contribution in [2.24, 2.45) is 5.92 Å². The third kappa shape index (κ3) is 4.19. The normalized spacial score (nSPS) is 24.3. The van der Waals surface area contributed by atoms with Crippen molar-refractivity contribution in [3.63, 3.8) is 0 Å². The predicted molar refractivity (Wildman–Crippen MR) is 98.6 cm³/mol. The van der Waals surface area contributed by atoms with E-state index in [9.17, 15) is 13.6 Å². The molecule has 0 saturated heterocycles. The van der Waals surface area contributed by atoms with Crippen LogP contribution in [-0.2, 0) is 4.79 Å². The number of thioether (sulfide) groups is 1. The Balaban J connectivity index is 0.00000109. The summed E-state index contributed by atoms with van der Waals surface area (Å²) in [6, 6.07) is -0.487. The van der Waals surface area contributed by atoms with E-state index in [2.05, 4.69) is 5.32 Å². The van der Waals surface area contributed by atoms with Crippen molar-refractivity contribution in [3.05, 3.63) is 21.6 Å². The number of alkyl halides is 2. The quantitative estimate of drug-likeness (QED) is 0.630. The lowest BCUT2D eigenvalue weighted by Gasteiger charge is -2.35. The summed E-state index contributed by atoms with van der Waals surface area (Å²) < 4.78 is 25.8. The molecule has 0 aromatic carbocycles. The molecular formula is C18H25F2N3OS. The van der Waals surface area contributed by atoms with Gasteiger partial charge in [-0.05, 0) is 43.8 Å². The molecule has 138 valence electrons. The molecule has 0 radical (unpaired) electrons. The first-order chi connectivity index (χ1) is 11.7. The van der Waals surface area contributed by atoms with Gasteiger partial charge in [-0.2, -0.15) is 0 Å². The van der Waals surface area contributed by atoms with Crippen LogP contribution in [0.2, 0.25) is 0 Å². The van der Waals surface area contributed by atoms with Crippen LogP contribution in [0.4, 0.5) is 8.78 Å². The Morgan fingerprint density at radius 2 is 1.80 bits per heavy atom. The molecule has 0 atom stereocenters. The molecule has 3 aliphatic rings. The Morgan fingerprint density at radius 1 is 1.24 bits per heavy atom. The second kappa shape index (κ2) is 7.40. The lowest BCUT2D eigenvalue weighted by molar-refractivity contribution is -0.125. The Bertz CT molecular complexity index is 670. The van der Waals surface area contributed by atoms with Crippen LogP contribution in [0.1, 0.15) is 53.4 Å². The molecule has 2 fully saturated rings. The zero-order valence-corrected chi connectivity index (χ0v) is 15.9. The van der Waals surface area contributed by atoms with Crippen molar-refractivity contribution >= 4 is 28.4 Å². The predicted octanol–water partition coefficient (Wildman–Crippen LogP) is 4.67. The van der Waals surface area contributed by atoms with Gasteiger partial charge in [-0.3, -0.25) is 10.2 Å². The molecule has 1 aliphatic heterocycles. The first-order valence-electron chi connectivity index (χ1n) is 8.66. The van der Waals surface area contributed by atoms with Crippen LogP contribution in [-0.4, -0.2) is 28.6 Å².